The Morgan fingerprint density at radius 3 is 2.26 bits per heavy atom. The number of nitrogens with zero attached hydrogens (tertiary/aromatic N) is 1. The Balaban J connectivity index is 0.000000395. The van der Waals surface area contributed by atoms with E-state index in [1.807, 2.05) is 36.2 Å². The second-order valence-electron chi connectivity index (χ2n) is 9.96. The smallest absolute Gasteiger partial charge is 0.123 e. The van der Waals surface area contributed by atoms with Crippen molar-refractivity contribution in [3.63, 3.8) is 0 Å². The number of aryl methyl sites for hydroxylation is 1. The zero-order valence-electron chi connectivity index (χ0n) is 22.7. The summed E-state index contributed by atoms with van der Waals surface area (Å²) in [5, 5.41) is 29.2. The van der Waals surface area contributed by atoms with E-state index in [-0.39, 0.29) is 24.6 Å². The number of hydrogen-bond donors (Lipinski definition) is 3. The summed E-state index contributed by atoms with van der Waals surface area (Å²) in [5.41, 5.74) is 4.19. The van der Waals surface area contributed by atoms with Crippen LogP contribution in [0.4, 0.5) is 10.1 Å². The second kappa shape index (κ2) is 15.5. The van der Waals surface area contributed by atoms with Gasteiger partial charge < -0.3 is 29.8 Å². The molecule has 0 aromatic heterocycles. The predicted octanol–water partition coefficient (Wildman–Crippen LogP) is 4.65. The highest BCUT2D eigenvalue weighted by molar-refractivity contribution is 5.56. The zero-order valence-corrected chi connectivity index (χ0v) is 22.7. The van der Waals surface area contributed by atoms with Crippen LogP contribution in [0.15, 0.2) is 78.9 Å². The molecule has 3 aromatic carbocycles. The maximum Gasteiger partial charge on any atom is 0.123 e. The highest BCUT2D eigenvalue weighted by atomic mass is 19.1. The summed E-state index contributed by atoms with van der Waals surface area (Å²) >= 11 is 0. The van der Waals surface area contributed by atoms with Gasteiger partial charge in [-0.3, -0.25) is 0 Å². The molecular formula is C32H40FNO5. The van der Waals surface area contributed by atoms with Crippen LogP contribution in [0.5, 0.6) is 0 Å². The largest absolute Gasteiger partial charge is 0.394 e. The lowest BCUT2D eigenvalue weighted by atomic mass is 9.93. The third-order valence-corrected chi connectivity index (χ3v) is 7.06. The first-order chi connectivity index (χ1) is 18.9. The summed E-state index contributed by atoms with van der Waals surface area (Å²) in [6, 6.07) is 24.3. The monoisotopic (exact) mass is 537 g/mol. The number of rotatable bonds is 10. The molecule has 0 radical (unpaired) electrons. The fourth-order valence-electron chi connectivity index (χ4n) is 4.86. The van der Waals surface area contributed by atoms with E-state index >= 15 is 0 Å². The van der Waals surface area contributed by atoms with Crippen LogP contribution >= 0.6 is 0 Å². The van der Waals surface area contributed by atoms with Crippen LogP contribution in [0, 0.1) is 5.82 Å². The Labute approximate surface area is 230 Å². The minimum Gasteiger partial charge on any atom is -0.394 e. The Kier molecular flexibility index (Phi) is 12.1. The van der Waals surface area contributed by atoms with Crippen molar-refractivity contribution in [1.29, 1.82) is 0 Å². The number of aldehydes is 1. The summed E-state index contributed by atoms with van der Waals surface area (Å²) < 4.78 is 18.9. The Morgan fingerprint density at radius 2 is 1.67 bits per heavy atom. The number of halogens is 1. The minimum atomic E-state index is -1.08. The van der Waals surface area contributed by atoms with Crippen molar-refractivity contribution in [2.45, 2.75) is 69.5 Å². The van der Waals surface area contributed by atoms with Crippen molar-refractivity contribution in [2.24, 2.45) is 0 Å². The maximum atomic E-state index is 13.2. The average Bonchev–Trinajstić information content (AvgIpc) is 2.95. The lowest BCUT2D eigenvalue weighted by molar-refractivity contribution is -0.178. The molecule has 39 heavy (non-hydrogen) atoms. The number of ether oxygens (including phenoxy) is 1. The molecule has 7 heteroatoms. The van der Waals surface area contributed by atoms with Crippen LogP contribution in [0.25, 0.3) is 0 Å². The molecule has 6 nitrogen and oxygen atoms in total. The van der Waals surface area contributed by atoms with Crippen molar-refractivity contribution in [3.8, 4) is 0 Å². The summed E-state index contributed by atoms with van der Waals surface area (Å²) in [4.78, 5) is 13.2. The van der Waals surface area contributed by atoms with Gasteiger partial charge in [-0.15, -0.1) is 0 Å². The van der Waals surface area contributed by atoms with Crippen LogP contribution in [0.2, 0.25) is 0 Å². The van der Waals surface area contributed by atoms with Gasteiger partial charge in [0.05, 0.1) is 24.9 Å². The number of aliphatic hydroxyl groups excluding tert-OH is 3. The van der Waals surface area contributed by atoms with Gasteiger partial charge in [0.1, 0.15) is 24.3 Å². The number of aliphatic hydroxyl groups is 3. The van der Waals surface area contributed by atoms with E-state index in [1.165, 1.54) is 30.5 Å². The third-order valence-electron chi connectivity index (χ3n) is 7.06. The molecule has 1 heterocycles. The molecule has 0 saturated carbocycles. The normalized spacial score (nSPS) is 21.4. The van der Waals surface area contributed by atoms with Crippen molar-refractivity contribution >= 4 is 12.0 Å². The summed E-state index contributed by atoms with van der Waals surface area (Å²) in [6.45, 7) is 1.85. The van der Waals surface area contributed by atoms with Crippen LogP contribution < -0.4 is 4.90 Å². The number of benzene rings is 3. The average molecular weight is 538 g/mol. The lowest BCUT2D eigenvalue weighted by Gasteiger charge is -2.36. The van der Waals surface area contributed by atoms with Gasteiger partial charge in [-0.25, -0.2) is 4.39 Å². The highest BCUT2D eigenvalue weighted by Gasteiger charge is 2.36. The summed E-state index contributed by atoms with van der Waals surface area (Å²) in [6.07, 6.45) is 1.33. The van der Waals surface area contributed by atoms with Gasteiger partial charge in [0.2, 0.25) is 0 Å². The van der Waals surface area contributed by atoms with E-state index in [4.69, 9.17) is 4.74 Å². The van der Waals surface area contributed by atoms with Gasteiger partial charge in [0.15, 0.2) is 0 Å². The van der Waals surface area contributed by atoms with Gasteiger partial charge in [-0.2, -0.15) is 0 Å². The number of carbonyl (C=O) groups excluding carboxylic acids is 1. The van der Waals surface area contributed by atoms with Crippen LogP contribution in [-0.2, 0) is 22.4 Å². The molecular weight excluding hydrogens is 497 g/mol. The van der Waals surface area contributed by atoms with Gasteiger partial charge in [0, 0.05) is 25.6 Å². The molecule has 1 fully saturated rings. The fraction of sp³-hybridized carbons (Fsp3) is 0.406. The molecule has 5 atom stereocenters. The number of hydrogen-bond acceptors (Lipinski definition) is 6. The van der Waals surface area contributed by atoms with Crippen LogP contribution in [-0.4, -0.2) is 59.7 Å². The van der Waals surface area contributed by atoms with E-state index < -0.39 is 18.3 Å². The summed E-state index contributed by atoms with van der Waals surface area (Å²) in [5.74, 6) is -0.311. The molecule has 0 spiro atoms. The molecule has 3 N–H and O–H groups in total. The quantitative estimate of drug-likeness (QED) is 0.327. The van der Waals surface area contributed by atoms with E-state index in [0.29, 0.717) is 19.3 Å². The molecule has 1 saturated heterocycles. The van der Waals surface area contributed by atoms with Crippen molar-refractivity contribution in [2.75, 3.05) is 18.6 Å². The van der Waals surface area contributed by atoms with E-state index in [1.54, 1.807) is 12.1 Å². The van der Waals surface area contributed by atoms with E-state index in [2.05, 4.69) is 37.3 Å². The van der Waals surface area contributed by atoms with Gasteiger partial charge in [-0.05, 0) is 53.8 Å². The maximum absolute atomic E-state index is 13.2. The Morgan fingerprint density at radius 1 is 1.00 bits per heavy atom. The van der Waals surface area contributed by atoms with Gasteiger partial charge in [0.25, 0.3) is 0 Å². The van der Waals surface area contributed by atoms with Crippen molar-refractivity contribution in [1.82, 2.24) is 0 Å². The minimum absolute atomic E-state index is 0.191. The number of anilines is 1. The molecule has 0 aliphatic carbocycles. The first-order valence-electron chi connectivity index (χ1n) is 13.5. The van der Waals surface area contributed by atoms with E-state index in [0.717, 1.165) is 23.1 Å². The Hall–Kier alpha value is -3.10. The second-order valence-corrected chi connectivity index (χ2v) is 9.96. The van der Waals surface area contributed by atoms with Crippen LogP contribution in [0.3, 0.4) is 0 Å². The number of carbonyl (C=O) groups is 1. The highest BCUT2D eigenvalue weighted by Crippen LogP contribution is 2.29. The standard InChI is InChI=1S/C23H28FNO5.C9H12/c1-25(18-8-6-17(24)7-9-18)20(10-11-26)16-4-2-15(3-5-16)12-19-13-21(28)23(29)22(14-27)30-19;1-2-6-9-7-4-3-5-8-9/h2-9,11,19-23,27-29H,10,12-14H2,1H3;3-5,7-8H,2,6H2,1H3/t19?,20?,21?,22?,23-;/m0./s1. The van der Waals surface area contributed by atoms with Gasteiger partial charge >= 0.3 is 0 Å². The third kappa shape index (κ3) is 8.97. The topological polar surface area (TPSA) is 90.2 Å². The molecule has 3 aromatic rings. The van der Waals surface area contributed by atoms with E-state index in [9.17, 15) is 24.5 Å². The molecule has 1 aliphatic heterocycles. The zero-order chi connectivity index (χ0) is 28.2. The van der Waals surface area contributed by atoms with Gasteiger partial charge in [-0.1, -0.05) is 67.9 Å². The molecule has 1 aliphatic rings. The van der Waals surface area contributed by atoms with Crippen molar-refractivity contribution in [3.05, 3.63) is 101 Å². The molecule has 0 amide bonds. The summed E-state index contributed by atoms with van der Waals surface area (Å²) in [7, 11) is 1.87. The first kappa shape index (κ1) is 30.4. The fourth-order valence-corrected chi connectivity index (χ4v) is 4.86. The Bertz CT molecular complexity index is 1110. The predicted molar refractivity (Wildman–Crippen MR) is 151 cm³/mol. The molecule has 0 bridgehead atoms. The lowest BCUT2D eigenvalue weighted by Crippen LogP contribution is -2.50. The van der Waals surface area contributed by atoms with Crippen LogP contribution in [0.1, 0.15) is 48.9 Å². The molecule has 210 valence electrons. The first-order valence-corrected chi connectivity index (χ1v) is 13.5. The SMILES string of the molecule is CCCc1ccccc1.CN(c1ccc(F)cc1)C(CC=O)c1ccc(CC2CC(O)[C@H](O)C(CO)O2)cc1. The van der Waals surface area contributed by atoms with Crippen molar-refractivity contribution < 1.29 is 29.2 Å². The molecule has 4 unspecified atom stereocenters. The molecule has 4 rings (SSSR count).